The third-order valence-corrected chi connectivity index (χ3v) is 5.53. The summed E-state index contributed by atoms with van der Waals surface area (Å²) in [6.07, 6.45) is 7.61. The van der Waals surface area contributed by atoms with Crippen molar-refractivity contribution in [2.75, 3.05) is 18.5 Å². The van der Waals surface area contributed by atoms with Crippen LogP contribution in [0.1, 0.15) is 48.1 Å². The van der Waals surface area contributed by atoms with E-state index in [2.05, 4.69) is 11.4 Å². The fourth-order valence-electron chi connectivity index (χ4n) is 3.08. The van der Waals surface area contributed by atoms with Crippen molar-refractivity contribution in [1.29, 1.82) is 5.26 Å². The number of nitriles is 1. The highest BCUT2D eigenvalue weighted by Crippen LogP contribution is 2.36. The topological polar surface area (TPSA) is 62.1 Å². The summed E-state index contributed by atoms with van der Waals surface area (Å²) in [5, 5.41) is 13.2. The van der Waals surface area contributed by atoms with Crippen LogP contribution in [0.5, 0.6) is 0 Å². The van der Waals surface area contributed by atoms with Gasteiger partial charge < -0.3 is 10.1 Å². The number of hydrogen-bond acceptors (Lipinski definition) is 4. The molecule has 1 aliphatic carbocycles. The van der Waals surface area contributed by atoms with Crippen molar-refractivity contribution in [3.8, 4) is 6.07 Å². The third-order valence-electron chi connectivity index (χ3n) is 4.32. The van der Waals surface area contributed by atoms with E-state index in [1.165, 1.54) is 29.7 Å². The number of thiophene rings is 1. The Balaban J connectivity index is 1.82. The fraction of sp³-hybridized carbons (Fsp3) is 0.625. The Morgan fingerprint density at radius 2 is 2.10 bits per heavy atom. The van der Waals surface area contributed by atoms with E-state index >= 15 is 0 Å². The smallest absolute Gasteiger partial charge is 0.230 e. The summed E-state index contributed by atoms with van der Waals surface area (Å²) in [7, 11) is 0. The molecule has 1 atom stereocenters. The number of aryl methyl sites for hydroxylation is 1. The Morgan fingerprint density at radius 3 is 2.81 bits per heavy atom. The van der Waals surface area contributed by atoms with E-state index < -0.39 is 0 Å². The van der Waals surface area contributed by atoms with Gasteiger partial charge in [-0.2, -0.15) is 5.26 Å². The van der Waals surface area contributed by atoms with E-state index in [0.717, 1.165) is 30.7 Å². The average Bonchev–Trinajstić information content (AvgIpc) is 3.07. The molecule has 1 saturated heterocycles. The third kappa shape index (κ3) is 3.12. The highest BCUT2D eigenvalue weighted by molar-refractivity contribution is 7.16. The molecule has 0 unspecified atom stereocenters. The average molecular weight is 304 g/mol. The number of carbonyl (C=O) groups excluding carboxylic acids is 1. The molecular weight excluding hydrogens is 284 g/mol. The number of amides is 1. The summed E-state index contributed by atoms with van der Waals surface area (Å²) in [5.41, 5.74) is 1.88. The number of nitrogens with zero attached hydrogens (tertiary/aromatic N) is 1. The van der Waals surface area contributed by atoms with Crippen LogP contribution in [0.3, 0.4) is 0 Å². The Labute approximate surface area is 129 Å². The zero-order valence-corrected chi connectivity index (χ0v) is 12.9. The van der Waals surface area contributed by atoms with E-state index in [1.54, 1.807) is 11.3 Å². The summed E-state index contributed by atoms with van der Waals surface area (Å²) in [5.74, 6) is -0.0700. The first kappa shape index (κ1) is 14.6. The normalized spacial score (nSPS) is 22.0. The van der Waals surface area contributed by atoms with E-state index in [4.69, 9.17) is 4.74 Å². The molecule has 1 aliphatic heterocycles. The molecule has 1 aromatic rings. The standard InChI is InChI=1S/C16H20N2O2S/c17-9-13-12-5-3-1-2-4-6-14(12)21-16(13)18-15(19)11-7-8-20-10-11/h11H,1-8,10H2,(H,18,19)/t11-/m0/s1. The van der Waals surface area contributed by atoms with Crippen molar-refractivity contribution in [3.63, 3.8) is 0 Å². The van der Waals surface area contributed by atoms with Gasteiger partial charge in [-0.15, -0.1) is 11.3 Å². The molecule has 1 aromatic heterocycles. The largest absolute Gasteiger partial charge is 0.381 e. The second-order valence-electron chi connectivity index (χ2n) is 5.78. The molecule has 2 aliphatic rings. The van der Waals surface area contributed by atoms with Crippen LogP contribution in [-0.4, -0.2) is 19.1 Å². The predicted octanol–water partition coefficient (Wildman–Crippen LogP) is 3.25. The zero-order valence-electron chi connectivity index (χ0n) is 12.1. The minimum absolute atomic E-state index is 0.00165. The molecular formula is C16H20N2O2S. The monoisotopic (exact) mass is 304 g/mol. The first-order valence-electron chi connectivity index (χ1n) is 7.73. The number of nitrogens with one attached hydrogen (secondary N) is 1. The lowest BCUT2D eigenvalue weighted by Crippen LogP contribution is -2.22. The van der Waals surface area contributed by atoms with Gasteiger partial charge in [-0.05, 0) is 37.7 Å². The second-order valence-corrected chi connectivity index (χ2v) is 6.89. The maximum absolute atomic E-state index is 12.2. The maximum Gasteiger partial charge on any atom is 0.230 e. The molecule has 0 aromatic carbocycles. The van der Waals surface area contributed by atoms with Crippen LogP contribution in [0.15, 0.2) is 0 Å². The number of rotatable bonds is 2. The Hall–Kier alpha value is -1.38. The van der Waals surface area contributed by atoms with Crippen LogP contribution < -0.4 is 5.32 Å². The molecule has 0 spiro atoms. The van der Waals surface area contributed by atoms with Gasteiger partial charge in [0.25, 0.3) is 0 Å². The Bertz CT molecular complexity index is 568. The van der Waals surface area contributed by atoms with Gasteiger partial charge in [0.15, 0.2) is 0 Å². The van der Waals surface area contributed by atoms with Gasteiger partial charge in [-0.3, -0.25) is 4.79 Å². The van der Waals surface area contributed by atoms with Gasteiger partial charge in [-0.1, -0.05) is 12.8 Å². The zero-order chi connectivity index (χ0) is 14.7. The van der Waals surface area contributed by atoms with E-state index in [1.807, 2.05) is 0 Å². The summed E-state index contributed by atoms with van der Waals surface area (Å²) in [6.45, 7) is 1.16. The molecule has 3 rings (SSSR count). The quantitative estimate of drug-likeness (QED) is 0.912. The predicted molar refractivity (Wildman–Crippen MR) is 82.5 cm³/mol. The summed E-state index contributed by atoms with van der Waals surface area (Å²) in [4.78, 5) is 13.5. The van der Waals surface area contributed by atoms with Gasteiger partial charge >= 0.3 is 0 Å². The highest BCUT2D eigenvalue weighted by atomic mass is 32.1. The number of fused-ring (bicyclic) bond motifs is 1. The van der Waals surface area contributed by atoms with Gasteiger partial charge in [-0.25, -0.2) is 0 Å². The van der Waals surface area contributed by atoms with Crippen LogP contribution in [0, 0.1) is 17.2 Å². The van der Waals surface area contributed by atoms with E-state index in [9.17, 15) is 10.1 Å². The van der Waals surface area contributed by atoms with Crippen molar-refractivity contribution >= 4 is 22.2 Å². The molecule has 112 valence electrons. The van der Waals surface area contributed by atoms with Crippen LogP contribution in [0.2, 0.25) is 0 Å². The second kappa shape index (κ2) is 6.59. The number of ether oxygens (including phenoxy) is 1. The van der Waals surface area contributed by atoms with Crippen molar-refractivity contribution in [2.45, 2.75) is 44.9 Å². The number of hydrogen-bond donors (Lipinski definition) is 1. The van der Waals surface area contributed by atoms with Gasteiger partial charge in [0.1, 0.15) is 11.1 Å². The highest BCUT2D eigenvalue weighted by Gasteiger charge is 2.26. The fourth-order valence-corrected chi connectivity index (χ4v) is 4.32. The first-order chi connectivity index (χ1) is 10.3. The molecule has 2 heterocycles. The summed E-state index contributed by atoms with van der Waals surface area (Å²) >= 11 is 1.60. The molecule has 4 nitrogen and oxygen atoms in total. The first-order valence-corrected chi connectivity index (χ1v) is 8.54. The number of anilines is 1. The van der Waals surface area contributed by atoms with Crippen LogP contribution in [-0.2, 0) is 22.4 Å². The molecule has 5 heteroatoms. The summed E-state index contributed by atoms with van der Waals surface area (Å²) < 4.78 is 5.26. The van der Waals surface area contributed by atoms with Crippen molar-refractivity contribution in [1.82, 2.24) is 0 Å². The number of carbonyl (C=O) groups is 1. The van der Waals surface area contributed by atoms with Crippen LogP contribution >= 0.6 is 11.3 Å². The molecule has 21 heavy (non-hydrogen) atoms. The van der Waals surface area contributed by atoms with Gasteiger partial charge in [0.05, 0.1) is 18.1 Å². The molecule has 0 bridgehead atoms. The Kier molecular flexibility index (Phi) is 4.57. The lowest BCUT2D eigenvalue weighted by molar-refractivity contribution is -0.119. The van der Waals surface area contributed by atoms with Crippen molar-refractivity contribution in [3.05, 3.63) is 16.0 Å². The van der Waals surface area contributed by atoms with E-state index in [-0.39, 0.29) is 11.8 Å². The Morgan fingerprint density at radius 1 is 1.29 bits per heavy atom. The lowest BCUT2D eigenvalue weighted by Gasteiger charge is -2.09. The summed E-state index contributed by atoms with van der Waals surface area (Å²) in [6, 6.07) is 2.31. The van der Waals surface area contributed by atoms with Gasteiger partial charge in [0.2, 0.25) is 5.91 Å². The molecule has 1 fully saturated rings. The van der Waals surface area contributed by atoms with Gasteiger partial charge in [0, 0.05) is 11.5 Å². The molecule has 0 radical (unpaired) electrons. The molecule has 1 amide bonds. The lowest BCUT2D eigenvalue weighted by atomic mass is 9.97. The van der Waals surface area contributed by atoms with Crippen molar-refractivity contribution < 1.29 is 9.53 Å². The minimum atomic E-state index is -0.0683. The molecule has 0 saturated carbocycles. The van der Waals surface area contributed by atoms with Crippen molar-refractivity contribution in [2.24, 2.45) is 5.92 Å². The SMILES string of the molecule is N#Cc1c(NC(=O)[C@H]2CCOC2)sc2c1CCCCCC2. The minimum Gasteiger partial charge on any atom is -0.381 e. The maximum atomic E-state index is 12.2. The molecule has 1 N–H and O–H groups in total. The van der Waals surface area contributed by atoms with Crippen LogP contribution in [0.25, 0.3) is 0 Å². The van der Waals surface area contributed by atoms with Crippen LogP contribution in [0.4, 0.5) is 5.00 Å². The van der Waals surface area contributed by atoms with E-state index in [0.29, 0.717) is 18.8 Å².